The molecule has 0 aromatic carbocycles. The Morgan fingerprint density at radius 2 is 2.06 bits per heavy atom. The van der Waals surface area contributed by atoms with Crippen LogP contribution in [0, 0.1) is 11.3 Å². The van der Waals surface area contributed by atoms with Crippen LogP contribution in [0.5, 0.6) is 0 Å². The van der Waals surface area contributed by atoms with Crippen molar-refractivity contribution in [2.24, 2.45) is 11.3 Å². The standard InChI is InChI=1S/C15H23NO/c1-15(2)8-4-3-5-13(15)14(17)11-12-6-9-16-10-7-12/h6-7,9-10,13-14,17H,3-5,8,11H2,1-2H3. The van der Waals surface area contributed by atoms with Gasteiger partial charge in [0.1, 0.15) is 0 Å². The molecule has 0 radical (unpaired) electrons. The minimum absolute atomic E-state index is 0.215. The zero-order valence-electron chi connectivity index (χ0n) is 10.9. The summed E-state index contributed by atoms with van der Waals surface area (Å²) in [4.78, 5) is 4.01. The van der Waals surface area contributed by atoms with Crippen molar-refractivity contribution in [2.45, 2.75) is 52.1 Å². The van der Waals surface area contributed by atoms with Crippen molar-refractivity contribution in [2.75, 3.05) is 0 Å². The van der Waals surface area contributed by atoms with Crippen LogP contribution in [0.15, 0.2) is 24.5 Å². The molecule has 17 heavy (non-hydrogen) atoms. The van der Waals surface area contributed by atoms with E-state index in [1.807, 2.05) is 12.1 Å². The highest BCUT2D eigenvalue weighted by Crippen LogP contribution is 2.42. The first-order valence-electron chi connectivity index (χ1n) is 6.66. The lowest BCUT2D eigenvalue weighted by molar-refractivity contribution is 0.00580. The monoisotopic (exact) mass is 233 g/mol. The quantitative estimate of drug-likeness (QED) is 0.869. The summed E-state index contributed by atoms with van der Waals surface area (Å²) in [5.74, 6) is 0.435. The Kier molecular flexibility index (Phi) is 3.82. The van der Waals surface area contributed by atoms with Gasteiger partial charge < -0.3 is 5.11 Å². The minimum atomic E-state index is -0.215. The first kappa shape index (κ1) is 12.6. The van der Waals surface area contributed by atoms with E-state index in [0.29, 0.717) is 5.92 Å². The molecule has 0 saturated heterocycles. The minimum Gasteiger partial charge on any atom is -0.392 e. The molecule has 0 spiro atoms. The first-order valence-corrected chi connectivity index (χ1v) is 6.66. The summed E-state index contributed by atoms with van der Waals surface area (Å²) in [6, 6.07) is 4.00. The Bertz CT molecular complexity index is 347. The van der Waals surface area contributed by atoms with Crippen molar-refractivity contribution in [3.63, 3.8) is 0 Å². The third-order valence-electron chi connectivity index (χ3n) is 4.25. The van der Waals surface area contributed by atoms with Crippen LogP contribution in [0.3, 0.4) is 0 Å². The Balaban J connectivity index is 2.02. The van der Waals surface area contributed by atoms with Crippen molar-refractivity contribution < 1.29 is 5.11 Å². The summed E-state index contributed by atoms with van der Waals surface area (Å²) >= 11 is 0. The topological polar surface area (TPSA) is 33.1 Å². The van der Waals surface area contributed by atoms with Crippen LogP contribution >= 0.6 is 0 Å². The van der Waals surface area contributed by atoms with Gasteiger partial charge in [-0.05, 0) is 48.3 Å². The van der Waals surface area contributed by atoms with Crippen LogP contribution in [0.4, 0.5) is 0 Å². The van der Waals surface area contributed by atoms with Crippen molar-refractivity contribution in [1.29, 1.82) is 0 Å². The highest BCUT2D eigenvalue weighted by molar-refractivity contribution is 5.11. The molecule has 1 aromatic rings. The highest BCUT2D eigenvalue weighted by atomic mass is 16.3. The van der Waals surface area contributed by atoms with E-state index >= 15 is 0 Å². The predicted molar refractivity (Wildman–Crippen MR) is 69.7 cm³/mol. The summed E-state index contributed by atoms with van der Waals surface area (Å²) in [7, 11) is 0. The normalized spacial score (nSPS) is 25.5. The van der Waals surface area contributed by atoms with Crippen molar-refractivity contribution >= 4 is 0 Å². The van der Waals surface area contributed by atoms with Gasteiger partial charge in [-0.2, -0.15) is 0 Å². The zero-order valence-corrected chi connectivity index (χ0v) is 10.9. The molecule has 2 atom stereocenters. The smallest absolute Gasteiger partial charge is 0.0613 e. The van der Waals surface area contributed by atoms with Crippen LogP contribution < -0.4 is 0 Å². The van der Waals surface area contributed by atoms with Crippen molar-refractivity contribution in [1.82, 2.24) is 4.98 Å². The summed E-state index contributed by atoms with van der Waals surface area (Å²) in [5, 5.41) is 10.4. The molecule has 94 valence electrons. The number of pyridine rings is 1. The maximum absolute atomic E-state index is 10.4. The molecular formula is C15H23NO. The molecule has 2 unspecified atom stereocenters. The van der Waals surface area contributed by atoms with Gasteiger partial charge in [-0.25, -0.2) is 0 Å². The zero-order chi connectivity index (χ0) is 12.3. The van der Waals surface area contributed by atoms with E-state index in [9.17, 15) is 5.11 Å². The van der Waals surface area contributed by atoms with Gasteiger partial charge in [0.25, 0.3) is 0 Å². The maximum Gasteiger partial charge on any atom is 0.0613 e. The average molecular weight is 233 g/mol. The lowest BCUT2D eigenvalue weighted by Crippen LogP contribution is -2.37. The summed E-state index contributed by atoms with van der Waals surface area (Å²) in [5.41, 5.74) is 1.47. The van der Waals surface area contributed by atoms with Crippen LogP contribution in [-0.4, -0.2) is 16.2 Å². The number of aliphatic hydroxyl groups is 1. The van der Waals surface area contributed by atoms with E-state index < -0.39 is 0 Å². The molecule has 2 rings (SSSR count). The Hall–Kier alpha value is -0.890. The van der Waals surface area contributed by atoms with E-state index in [1.165, 1.54) is 31.2 Å². The highest BCUT2D eigenvalue weighted by Gasteiger charge is 2.36. The van der Waals surface area contributed by atoms with Crippen LogP contribution in [0.1, 0.15) is 45.1 Å². The Morgan fingerprint density at radius 3 is 2.71 bits per heavy atom. The molecule has 1 aliphatic carbocycles. The number of aromatic nitrogens is 1. The number of hydrogen-bond donors (Lipinski definition) is 1. The van der Waals surface area contributed by atoms with E-state index in [4.69, 9.17) is 0 Å². The van der Waals surface area contributed by atoms with E-state index in [1.54, 1.807) is 12.4 Å². The van der Waals surface area contributed by atoms with Crippen molar-refractivity contribution in [3.05, 3.63) is 30.1 Å². The van der Waals surface area contributed by atoms with Gasteiger partial charge in [-0.3, -0.25) is 4.98 Å². The lowest BCUT2D eigenvalue weighted by Gasteiger charge is -2.41. The molecule has 1 heterocycles. The van der Waals surface area contributed by atoms with Crippen molar-refractivity contribution in [3.8, 4) is 0 Å². The predicted octanol–water partition coefficient (Wildman–Crippen LogP) is 3.20. The fourth-order valence-electron chi connectivity index (χ4n) is 3.14. The fraction of sp³-hybridized carbons (Fsp3) is 0.667. The van der Waals surface area contributed by atoms with Crippen LogP contribution in [0.25, 0.3) is 0 Å². The van der Waals surface area contributed by atoms with Gasteiger partial charge in [0.2, 0.25) is 0 Å². The summed E-state index contributed by atoms with van der Waals surface area (Å²) in [6.45, 7) is 4.60. The van der Waals surface area contributed by atoms with Gasteiger partial charge in [0.05, 0.1) is 6.10 Å². The van der Waals surface area contributed by atoms with Gasteiger partial charge in [0, 0.05) is 12.4 Å². The van der Waals surface area contributed by atoms with Gasteiger partial charge >= 0.3 is 0 Å². The summed E-state index contributed by atoms with van der Waals surface area (Å²) in [6.07, 6.45) is 9.13. The van der Waals surface area contributed by atoms with Crippen LogP contribution in [-0.2, 0) is 6.42 Å². The van der Waals surface area contributed by atoms with Gasteiger partial charge in [-0.15, -0.1) is 0 Å². The Labute approximate surface area is 104 Å². The second-order valence-corrected chi connectivity index (χ2v) is 5.97. The third kappa shape index (κ3) is 3.06. The van der Waals surface area contributed by atoms with E-state index in [-0.39, 0.29) is 11.5 Å². The molecule has 1 aromatic heterocycles. The molecule has 1 N–H and O–H groups in total. The molecule has 0 aliphatic heterocycles. The van der Waals surface area contributed by atoms with E-state index in [0.717, 1.165) is 6.42 Å². The SMILES string of the molecule is CC1(C)CCCCC1C(O)Cc1ccncc1. The molecule has 1 saturated carbocycles. The summed E-state index contributed by atoms with van der Waals surface area (Å²) < 4.78 is 0. The molecular weight excluding hydrogens is 210 g/mol. The second kappa shape index (κ2) is 5.18. The maximum atomic E-state index is 10.4. The molecule has 1 aliphatic rings. The van der Waals surface area contributed by atoms with E-state index in [2.05, 4.69) is 18.8 Å². The molecule has 0 bridgehead atoms. The largest absolute Gasteiger partial charge is 0.392 e. The number of aliphatic hydroxyl groups excluding tert-OH is 1. The third-order valence-corrected chi connectivity index (χ3v) is 4.25. The average Bonchev–Trinajstić information content (AvgIpc) is 2.29. The first-order chi connectivity index (χ1) is 8.09. The van der Waals surface area contributed by atoms with Gasteiger partial charge in [0.15, 0.2) is 0 Å². The molecule has 0 amide bonds. The fourth-order valence-corrected chi connectivity index (χ4v) is 3.14. The van der Waals surface area contributed by atoms with Crippen LogP contribution in [0.2, 0.25) is 0 Å². The lowest BCUT2D eigenvalue weighted by atomic mass is 9.66. The molecule has 1 fully saturated rings. The number of hydrogen-bond acceptors (Lipinski definition) is 2. The second-order valence-electron chi connectivity index (χ2n) is 5.97. The Morgan fingerprint density at radius 1 is 1.35 bits per heavy atom. The molecule has 2 heteroatoms. The number of rotatable bonds is 3. The molecule has 2 nitrogen and oxygen atoms in total. The van der Waals surface area contributed by atoms with Gasteiger partial charge in [-0.1, -0.05) is 26.7 Å². The number of nitrogens with zero attached hydrogens (tertiary/aromatic N) is 1.